The molecule has 1 aliphatic heterocycles. The Bertz CT molecular complexity index is 679. The summed E-state index contributed by atoms with van der Waals surface area (Å²) < 4.78 is 15.7. The second-order valence-electron chi connectivity index (χ2n) is 6.80. The molecular formula is C21H35IN4O4. The van der Waals surface area contributed by atoms with Crippen LogP contribution in [0.25, 0.3) is 0 Å². The molecule has 9 heteroatoms. The van der Waals surface area contributed by atoms with Crippen LogP contribution in [-0.2, 0) is 11.2 Å². The van der Waals surface area contributed by atoms with E-state index in [9.17, 15) is 4.79 Å². The molecule has 1 aliphatic rings. The van der Waals surface area contributed by atoms with Crippen LogP contribution in [0, 0.1) is 0 Å². The van der Waals surface area contributed by atoms with Crippen molar-refractivity contribution in [1.29, 1.82) is 0 Å². The summed E-state index contributed by atoms with van der Waals surface area (Å²) in [5, 5.41) is 6.79. The minimum absolute atomic E-state index is 0. The molecule has 0 aromatic heterocycles. The van der Waals surface area contributed by atoms with Gasteiger partial charge in [0.2, 0.25) is 0 Å². The molecule has 0 atom stereocenters. The molecule has 0 spiro atoms. The molecule has 1 saturated heterocycles. The number of halogens is 1. The van der Waals surface area contributed by atoms with Crippen molar-refractivity contribution in [3.63, 3.8) is 0 Å². The molecule has 1 heterocycles. The van der Waals surface area contributed by atoms with E-state index in [2.05, 4.69) is 17.6 Å². The average molecular weight is 534 g/mol. The van der Waals surface area contributed by atoms with Gasteiger partial charge in [0.05, 0.1) is 20.8 Å². The molecule has 2 rings (SSSR count). The number of rotatable bonds is 8. The van der Waals surface area contributed by atoms with Gasteiger partial charge in [0.25, 0.3) is 0 Å². The van der Waals surface area contributed by atoms with E-state index in [0.29, 0.717) is 32.3 Å². The van der Waals surface area contributed by atoms with Crippen molar-refractivity contribution in [3.8, 4) is 11.5 Å². The Morgan fingerprint density at radius 1 is 1.17 bits per heavy atom. The number of benzene rings is 1. The maximum Gasteiger partial charge on any atom is 0.409 e. The first-order chi connectivity index (χ1) is 14.1. The van der Waals surface area contributed by atoms with Crippen molar-refractivity contribution in [2.45, 2.75) is 39.2 Å². The first-order valence-electron chi connectivity index (χ1n) is 10.3. The molecular weight excluding hydrogens is 499 g/mol. The number of amides is 1. The fourth-order valence-electron chi connectivity index (χ4n) is 3.27. The van der Waals surface area contributed by atoms with E-state index in [1.54, 1.807) is 19.1 Å². The van der Waals surface area contributed by atoms with Gasteiger partial charge in [-0.2, -0.15) is 0 Å². The van der Waals surface area contributed by atoms with Crippen LogP contribution in [0.15, 0.2) is 23.2 Å². The highest BCUT2D eigenvalue weighted by atomic mass is 127. The number of aliphatic imine (C=N–C) groups is 1. The van der Waals surface area contributed by atoms with E-state index in [1.807, 2.05) is 25.1 Å². The fourth-order valence-corrected chi connectivity index (χ4v) is 3.27. The Morgan fingerprint density at radius 2 is 1.87 bits per heavy atom. The van der Waals surface area contributed by atoms with Gasteiger partial charge in [-0.15, -0.1) is 24.0 Å². The van der Waals surface area contributed by atoms with E-state index < -0.39 is 0 Å². The Labute approximate surface area is 196 Å². The molecule has 0 saturated carbocycles. The summed E-state index contributed by atoms with van der Waals surface area (Å²) in [5.41, 5.74) is 1.14. The molecule has 1 amide bonds. The molecule has 170 valence electrons. The number of nitrogens with zero attached hydrogens (tertiary/aromatic N) is 2. The van der Waals surface area contributed by atoms with E-state index in [-0.39, 0.29) is 30.1 Å². The molecule has 0 unspecified atom stereocenters. The van der Waals surface area contributed by atoms with E-state index >= 15 is 0 Å². The van der Waals surface area contributed by atoms with Gasteiger partial charge in [-0.05, 0) is 50.8 Å². The largest absolute Gasteiger partial charge is 0.493 e. The summed E-state index contributed by atoms with van der Waals surface area (Å²) in [4.78, 5) is 18.3. The molecule has 1 aromatic carbocycles. The number of carbonyl (C=O) groups is 1. The van der Waals surface area contributed by atoms with Gasteiger partial charge in [0, 0.05) is 32.2 Å². The molecule has 8 nitrogen and oxygen atoms in total. The van der Waals surface area contributed by atoms with E-state index in [0.717, 1.165) is 48.8 Å². The zero-order chi connectivity index (χ0) is 21.1. The molecule has 1 fully saturated rings. The second-order valence-corrected chi connectivity index (χ2v) is 6.80. The fraction of sp³-hybridized carbons (Fsp3) is 0.619. The third-order valence-corrected chi connectivity index (χ3v) is 4.82. The monoisotopic (exact) mass is 534 g/mol. The topological polar surface area (TPSA) is 84.4 Å². The minimum atomic E-state index is -0.221. The van der Waals surface area contributed by atoms with Gasteiger partial charge in [0.15, 0.2) is 17.5 Å². The van der Waals surface area contributed by atoms with Crippen LogP contribution in [0.1, 0.15) is 32.3 Å². The van der Waals surface area contributed by atoms with Crippen LogP contribution >= 0.6 is 24.0 Å². The summed E-state index contributed by atoms with van der Waals surface area (Å²) in [6, 6.07) is 6.22. The quantitative estimate of drug-likeness (QED) is 0.303. The van der Waals surface area contributed by atoms with Gasteiger partial charge in [0.1, 0.15) is 0 Å². The van der Waals surface area contributed by atoms with Gasteiger partial charge in [-0.3, -0.25) is 4.99 Å². The SMILES string of the molecule is CCNC(=NCCc1ccc(OC)c(OC)c1)NC1CCN(C(=O)OCC)CC1.I. The zero-order valence-electron chi connectivity index (χ0n) is 18.4. The highest BCUT2D eigenvalue weighted by molar-refractivity contribution is 14.0. The van der Waals surface area contributed by atoms with Crippen molar-refractivity contribution in [3.05, 3.63) is 23.8 Å². The zero-order valence-corrected chi connectivity index (χ0v) is 20.7. The summed E-state index contributed by atoms with van der Waals surface area (Å²) in [5.74, 6) is 2.26. The Kier molecular flexibility index (Phi) is 12.3. The van der Waals surface area contributed by atoms with E-state index in [4.69, 9.17) is 19.2 Å². The smallest absolute Gasteiger partial charge is 0.409 e. The average Bonchev–Trinajstić information content (AvgIpc) is 2.74. The van der Waals surface area contributed by atoms with Gasteiger partial charge >= 0.3 is 6.09 Å². The number of nitrogens with one attached hydrogen (secondary N) is 2. The normalized spacial score (nSPS) is 14.5. The molecule has 30 heavy (non-hydrogen) atoms. The third-order valence-electron chi connectivity index (χ3n) is 4.82. The lowest BCUT2D eigenvalue weighted by molar-refractivity contribution is 0.0963. The lowest BCUT2D eigenvalue weighted by Gasteiger charge is -2.32. The van der Waals surface area contributed by atoms with Crippen LogP contribution in [0.2, 0.25) is 0 Å². The molecule has 2 N–H and O–H groups in total. The number of methoxy groups -OCH3 is 2. The van der Waals surface area contributed by atoms with Crippen LogP contribution < -0.4 is 20.1 Å². The van der Waals surface area contributed by atoms with Crippen molar-refractivity contribution in [2.24, 2.45) is 4.99 Å². The number of hydrogen-bond acceptors (Lipinski definition) is 5. The van der Waals surface area contributed by atoms with Crippen LogP contribution in [0.4, 0.5) is 4.79 Å². The highest BCUT2D eigenvalue weighted by Crippen LogP contribution is 2.27. The van der Waals surface area contributed by atoms with E-state index in [1.165, 1.54) is 0 Å². The second kappa shape index (κ2) is 14.2. The maximum absolute atomic E-state index is 11.8. The lowest BCUT2D eigenvalue weighted by atomic mass is 10.1. The van der Waals surface area contributed by atoms with Crippen molar-refractivity contribution < 1.29 is 19.0 Å². The summed E-state index contributed by atoms with van der Waals surface area (Å²) in [6.07, 6.45) is 2.33. The Morgan fingerprint density at radius 3 is 2.47 bits per heavy atom. The first kappa shape index (κ1) is 26.1. The number of likely N-dealkylation sites (tertiary alicyclic amines) is 1. The summed E-state index contributed by atoms with van der Waals surface area (Å²) in [7, 11) is 3.27. The van der Waals surface area contributed by atoms with Gasteiger partial charge < -0.3 is 29.7 Å². The number of carbonyl (C=O) groups excluding carboxylic acids is 1. The molecule has 1 aromatic rings. The lowest BCUT2D eigenvalue weighted by Crippen LogP contribution is -2.50. The number of piperidine rings is 1. The van der Waals surface area contributed by atoms with Crippen LogP contribution in [-0.4, -0.2) is 70.0 Å². The molecule has 0 radical (unpaired) electrons. The number of hydrogen-bond donors (Lipinski definition) is 2. The minimum Gasteiger partial charge on any atom is -0.493 e. The van der Waals surface area contributed by atoms with Crippen LogP contribution in [0.5, 0.6) is 11.5 Å². The number of guanidine groups is 1. The van der Waals surface area contributed by atoms with Crippen LogP contribution in [0.3, 0.4) is 0 Å². The predicted octanol–water partition coefficient (Wildman–Crippen LogP) is 3.04. The highest BCUT2D eigenvalue weighted by Gasteiger charge is 2.24. The molecule has 0 bridgehead atoms. The first-order valence-corrected chi connectivity index (χ1v) is 10.3. The predicted molar refractivity (Wildman–Crippen MR) is 129 cm³/mol. The summed E-state index contributed by atoms with van der Waals surface area (Å²) >= 11 is 0. The Hall–Kier alpha value is -1.91. The van der Waals surface area contributed by atoms with Crippen molar-refractivity contribution >= 4 is 36.0 Å². The van der Waals surface area contributed by atoms with Gasteiger partial charge in [-0.1, -0.05) is 6.07 Å². The van der Waals surface area contributed by atoms with Crippen molar-refractivity contribution in [1.82, 2.24) is 15.5 Å². The van der Waals surface area contributed by atoms with Gasteiger partial charge in [-0.25, -0.2) is 4.79 Å². The van der Waals surface area contributed by atoms with Crippen molar-refractivity contribution in [2.75, 3.05) is 47.0 Å². The Balaban J connectivity index is 0.00000450. The third kappa shape index (κ3) is 8.08. The number of ether oxygens (including phenoxy) is 3. The molecule has 0 aliphatic carbocycles. The maximum atomic E-state index is 11.8. The summed E-state index contributed by atoms with van der Waals surface area (Å²) in [6.45, 7) is 7.13. The standard InChI is InChI=1S/C21H34N4O4.HI/c1-5-22-20(24-17-10-13-25(14-11-17)21(26)29-6-2)23-12-9-16-7-8-18(27-3)19(15-16)28-4;/h7-8,15,17H,5-6,9-14H2,1-4H3,(H2,22,23,24);1H.